The lowest BCUT2D eigenvalue weighted by atomic mass is 10.2. The van der Waals surface area contributed by atoms with Crippen molar-refractivity contribution in [1.82, 2.24) is 4.90 Å². The van der Waals surface area contributed by atoms with Crippen LogP contribution in [-0.2, 0) is 23.9 Å². The molecule has 0 radical (unpaired) electrons. The Hall–Kier alpha value is -1.62. The highest BCUT2D eigenvalue weighted by molar-refractivity contribution is 5.71. The number of quaternary nitrogens is 2. The van der Waals surface area contributed by atoms with Crippen molar-refractivity contribution in [3.8, 4) is 0 Å². The first-order valence-corrected chi connectivity index (χ1v) is 12.9. The molecule has 42 heavy (non-hydrogen) atoms. The van der Waals surface area contributed by atoms with Gasteiger partial charge in [0.25, 0.3) is 0 Å². The third kappa shape index (κ3) is 34.6. The van der Waals surface area contributed by atoms with E-state index in [1.165, 1.54) is 12.2 Å². The van der Waals surface area contributed by atoms with Crippen LogP contribution in [0.1, 0.15) is 20.8 Å². The Kier molecular flexibility index (Phi) is 35.1. The highest BCUT2D eigenvalue weighted by Gasteiger charge is 2.28. The van der Waals surface area contributed by atoms with Gasteiger partial charge >= 0.3 is 5.97 Å². The van der Waals surface area contributed by atoms with Crippen molar-refractivity contribution in [2.24, 2.45) is 9.98 Å². The molecule has 0 aromatic rings. The predicted octanol–water partition coefficient (Wildman–Crippen LogP) is -9.48. The van der Waals surface area contributed by atoms with Gasteiger partial charge < -0.3 is 82.9 Å². The van der Waals surface area contributed by atoms with Gasteiger partial charge in [-0.2, -0.15) is 9.98 Å². The van der Waals surface area contributed by atoms with Gasteiger partial charge in [-0.25, -0.2) is 14.4 Å². The van der Waals surface area contributed by atoms with Crippen molar-refractivity contribution < 1.29 is 92.4 Å². The number of halogens is 2. The van der Waals surface area contributed by atoms with Crippen molar-refractivity contribution in [3.63, 3.8) is 0 Å². The Labute approximate surface area is 270 Å². The molecule has 0 aliphatic carbocycles. The van der Waals surface area contributed by atoms with Gasteiger partial charge in [-0.15, -0.1) is 0 Å². The minimum Gasteiger partial charge on any atom is -1.00 e. The topological polar surface area (TPSA) is 209 Å². The molecule has 0 rings (SSSR count). The van der Waals surface area contributed by atoms with E-state index < -0.39 is 11.6 Å². The quantitative estimate of drug-likeness (QED) is 0.0449. The number of hydrogen-bond donors (Lipinski definition) is 4. The summed E-state index contributed by atoms with van der Waals surface area (Å²) in [5, 5.41) is 45.1. The Morgan fingerprint density at radius 3 is 1.45 bits per heavy atom. The van der Waals surface area contributed by atoms with Crippen LogP contribution in [0.15, 0.2) is 9.98 Å². The van der Waals surface area contributed by atoms with Crippen LogP contribution in [0.3, 0.4) is 0 Å². The first-order valence-electron chi connectivity index (χ1n) is 12.9. The average molecular weight is 741 g/mol. The van der Waals surface area contributed by atoms with E-state index in [0.717, 1.165) is 0 Å². The molecule has 0 atom stereocenters. The number of aliphatic imine (C=N–C) groups is 2. The van der Waals surface area contributed by atoms with Crippen molar-refractivity contribution in [2.45, 2.75) is 26.4 Å². The van der Waals surface area contributed by atoms with Gasteiger partial charge in [0.1, 0.15) is 38.3 Å². The molecule has 0 aromatic heterocycles. The minimum atomic E-state index is -1.20. The minimum absolute atomic E-state index is 0. The molecule has 0 saturated carbocycles. The molecule has 0 fully saturated rings. The lowest BCUT2D eigenvalue weighted by Crippen LogP contribution is -3.00. The SMILES string of the molecule is CC(C)(C)OC(=O)C[N+](C)(CCO)CCO.CN(CCO)CCO.C[N+](CCN=C=O)(CCN=C=O)CC(=O)[O-].[Br-].[Br-]. The number of nitrogens with zero attached hydrogens (tertiary/aromatic N) is 5. The molecule has 0 spiro atoms. The number of esters is 1. The number of isocyanates is 2. The number of carbonyl (C=O) groups is 2. The fraction of sp³-hybridized carbons (Fsp3) is 0.840. The Balaban J connectivity index is -0.000000168. The van der Waals surface area contributed by atoms with Crippen LogP contribution in [-0.4, -0.2) is 177 Å². The largest absolute Gasteiger partial charge is 1.00 e. The summed E-state index contributed by atoms with van der Waals surface area (Å²) in [4.78, 5) is 50.5. The van der Waals surface area contributed by atoms with Crippen LogP contribution in [0.2, 0.25) is 0 Å². The standard InChI is InChI=1S/C11H24NO4.C9H13N3O4.C5H13NO2.2BrH/c1-11(2,3)16-10(15)9-12(4,5-7-13)6-8-14;1-12(6-9(15)16,4-2-10-7-13)5-3-11-8-14;1-6(2-4-7)3-5-8;;/h13-14H,5-9H2,1-4H3;2-6H2,1H3;7-8H,2-5H2,1H3;2*1H/q+1;;;;/p-2. The van der Waals surface area contributed by atoms with Crippen LogP contribution in [0.25, 0.3) is 0 Å². The van der Waals surface area contributed by atoms with E-state index in [2.05, 4.69) is 9.98 Å². The molecule has 4 N–H and O–H groups in total. The number of aliphatic hydroxyl groups is 4. The summed E-state index contributed by atoms with van der Waals surface area (Å²) in [6.45, 7) is 8.87. The summed E-state index contributed by atoms with van der Waals surface area (Å²) in [6, 6.07) is 0. The first kappa shape index (κ1) is 50.0. The number of carbonyl (C=O) groups excluding carboxylic acids is 4. The van der Waals surface area contributed by atoms with E-state index in [4.69, 9.17) is 25.2 Å². The summed E-state index contributed by atoms with van der Waals surface area (Å²) < 4.78 is 5.60. The fourth-order valence-electron chi connectivity index (χ4n) is 3.15. The number of rotatable bonds is 18. The monoisotopic (exact) mass is 738 g/mol. The van der Waals surface area contributed by atoms with E-state index in [1.807, 2.05) is 39.8 Å². The molecule has 0 aliphatic rings. The van der Waals surface area contributed by atoms with Gasteiger partial charge in [-0.1, -0.05) is 0 Å². The summed E-state index contributed by atoms with van der Waals surface area (Å²) >= 11 is 0. The molecular formula is C25H50Br2N5O10-. The van der Waals surface area contributed by atoms with Gasteiger partial charge in [0.2, 0.25) is 12.2 Å². The van der Waals surface area contributed by atoms with Gasteiger partial charge in [-0.05, 0) is 27.8 Å². The molecule has 0 aromatic carbocycles. The summed E-state index contributed by atoms with van der Waals surface area (Å²) in [7, 11) is 5.33. The maximum Gasteiger partial charge on any atom is 0.362 e. The normalized spacial score (nSPS) is 11.8. The Morgan fingerprint density at radius 1 is 0.786 bits per heavy atom. The Morgan fingerprint density at radius 2 is 1.17 bits per heavy atom. The second-order valence-corrected chi connectivity index (χ2v) is 10.6. The van der Waals surface area contributed by atoms with Crippen LogP contribution >= 0.6 is 0 Å². The van der Waals surface area contributed by atoms with Gasteiger partial charge in [-0.3, -0.25) is 0 Å². The second-order valence-electron chi connectivity index (χ2n) is 10.6. The first-order chi connectivity index (χ1) is 18.6. The van der Waals surface area contributed by atoms with E-state index in [9.17, 15) is 24.3 Å². The molecule has 250 valence electrons. The van der Waals surface area contributed by atoms with E-state index in [1.54, 1.807) is 7.05 Å². The van der Waals surface area contributed by atoms with Crippen molar-refractivity contribution in [2.75, 3.05) is 113 Å². The van der Waals surface area contributed by atoms with E-state index in [-0.39, 0.29) is 97.0 Å². The predicted molar refractivity (Wildman–Crippen MR) is 144 cm³/mol. The van der Waals surface area contributed by atoms with E-state index in [0.29, 0.717) is 43.8 Å². The van der Waals surface area contributed by atoms with Crippen LogP contribution in [0, 0.1) is 0 Å². The van der Waals surface area contributed by atoms with Gasteiger partial charge in [0, 0.05) is 13.1 Å². The van der Waals surface area contributed by atoms with Gasteiger partial charge in [0.15, 0.2) is 6.54 Å². The van der Waals surface area contributed by atoms with Crippen molar-refractivity contribution in [1.29, 1.82) is 0 Å². The molecule has 0 aliphatic heterocycles. The highest BCUT2D eigenvalue weighted by Crippen LogP contribution is 2.10. The number of aliphatic hydroxyl groups excluding tert-OH is 4. The second kappa shape index (κ2) is 29.5. The number of aliphatic carboxylic acids is 1. The molecule has 17 heteroatoms. The lowest BCUT2D eigenvalue weighted by molar-refractivity contribution is -0.903. The number of likely N-dealkylation sites (N-methyl/N-ethyl adjacent to an activating group) is 3. The summed E-state index contributed by atoms with van der Waals surface area (Å²) in [6.07, 6.45) is 2.75. The molecule has 0 heterocycles. The number of hydrogen-bond acceptors (Lipinski definition) is 13. The highest BCUT2D eigenvalue weighted by atomic mass is 79.9. The van der Waals surface area contributed by atoms with Gasteiger partial charge in [0.05, 0.1) is 59.6 Å². The zero-order valence-corrected chi connectivity index (χ0v) is 28.8. The number of carboxylic acids is 1. The van der Waals surface area contributed by atoms with Crippen LogP contribution in [0.4, 0.5) is 0 Å². The van der Waals surface area contributed by atoms with Crippen molar-refractivity contribution in [3.05, 3.63) is 0 Å². The molecule has 0 saturated heterocycles. The third-order valence-corrected chi connectivity index (χ3v) is 5.32. The zero-order valence-electron chi connectivity index (χ0n) is 25.6. The van der Waals surface area contributed by atoms with Crippen LogP contribution in [0.5, 0.6) is 0 Å². The number of carboxylic acid groups (broad SMARTS) is 1. The molecular weight excluding hydrogens is 690 g/mol. The summed E-state index contributed by atoms with van der Waals surface area (Å²) in [5.41, 5.74) is -0.500. The van der Waals surface area contributed by atoms with E-state index >= 15 is 0 Å². The maximum absolute atomic E-state index is 11.6. The lowest BCUT2D eigenvalue weighted by Gasteiger charge is -2.33. The molecule has 0 unspecified atom stereocenters. The Bertz CT molecular complexity index is 756. The summed E-state index contributed by atoms with van der Waals surface area (Å²) in [5.74, 6) is -1.51. The number of ether oxygens (including phenoxy) is 1. The smallest absolute Gasteiger partial charge is 0.362 e. The maximum atomic E-state index is 11.6. The fourth-order valence-corrected chi connectivity index (χ4v) is 3.15. The van der Waals surface area contributed by atoms with Crippen LogP contribution < -0.4 is 39.1 Å². The third-order valence-electron chi connectivity index (χ3n) is 5.32. The zero-order chi connectivity index (χ0) is 31.7. The average Bonchev–Trinajstić information content (AvgIpc) is 2.79. The molecule has 0 amide bonds. The van der Waals surface area contributed by atoms with Crippen molar-refractivity contribution >= 4 is 24.1 Å². The molecule has 0 bridgehead atoms. The molecule has 15 nitrogen and oxygen atoms in total.